The quantitative estimate of drug-likeness (QED) is 0.704. The lowest BCUT2D eigenvalue weighted by Gasteiger charge is -2.35. The van der Waals surface area contributed by atoms with E-state index in [1.54, 1.807) is 0 Å². The number of hydrogen-bond acceptors (Lipinski definition) is 2. The molecule has 1 aliphatic rings. The van der Waals surface area contributed by atoms with Gasteiger partial charge < -0.3 is 10.6 Å². The summed E-state index contributed by atoms with van der Waals surface area (Å²) >= 11 is 3.39. The van der Waals surface area contributed by atoms with E-state index < -0.39 is 0 Å². The van der Waals surface area contributed by atoms with Gasteiger partial charge in [0.25, 0.3) is 0 Å². The SMILES string of the molecule is CC[C@@]1(C)Cc2ccccc2C(NC(=O)Nc2cccc(Br)c2)=C1C#N. The summed E-state index contributed by atoms with van der Waals surface area (Å²) in [6.07, 6.45) is 1.61. The van der Waals surface area contributed by atoms with E-state index in [-0.39, 0.29) is 11.4 Å². The summed E-state index contributed by atoms with van der Waals surface area (Å²) in [6, 6.07) is 17.3. The van der Waals surface area contributed by atoms with Crippen LogP contribution in [0.5, 0.6) is 0 Å². The molecule has 26 heavy (non-hydrogen) atoms. The fourth-order valence-electron chi connectivity index (χ4n) is 3.33. The zero-order valence-corrected chi connectivity index (χ0v) is 16.4. The van der Waals surface area contributed by atoms with Crippen molar-refractivity contribution in [2.45, 2.75) is 26.7 Å². The molecule has 4 nitrogen and oxygen atoms in total. The van der Waals surface area contributed by atoms with Crippen molar-refractivity contribution in [2.75, 3.05) is 5.32 Å². The first kappa shape index (κ1) is 18.2. The van der Waals surface area contributed by atoms with Crippen molar-refractivity contribution < 1.29 is 4.79 Å². The van der Waals surface area contributed by atoms with E-state index in [4.69, 9.17) is 0 Å². The number of benzene rings is 2. The fourth-order valence-corrected chi connectivity index (χ4v) is 3.73. The standard InChI is InChI=1S/C21H20BrN3O/c1-3-21(2)12-14-7-4-5-10-17(14)19(18(21)13-23)25-20(26)24-16-9-6-8-15(22)11-16/h4-11H,3,12H2,1-2H3,(H2,24,25,26)/t21-/m0/s1. The maximum absolute atomic E-state index is 12.6. The molecule has 3 rings (SSSR count). The largest absolute Gasteiger partial charge is 0.323 e. The zero-order chi connectivity index (χ0) is 18.7. The molecule has 1 aliphatic carbocycles. The third-order valence-electron chi connectivity index (χ3n) is 4.93. The average Bonchev–Trinajstić information content (AvgIpc) is 2.61. The molecule has 2 aromatic carbocycles. The minimum absolute atomic E-state index is 0.290. The van der Waals surface area contributed by atoms with Crippen LogP contribution in [0.4, 0.5) is 10.5 Å². The molecule has 0 fully saturated rings. The van der Waals surface area contributed by atoms with Gasteiger partial charge in [0.2, 0.25) is 0 Å². The van der Waals surface area contributed by atoms with Gasteiger partial charge in [-0.05, 0) is 36.6 Å². The van der Waals surface area contributed by atoms with E-state index in [1.807, 2.05) is 42.5 Å². The van der Waals surface area contributed by atoms with Gasteiger partial charge in [-0.3, -0.25) is 0 Å². The second-order valence-corrected chi connectivity index (χ2v) is 7.62. The molecule has 5 heteroatoms. The molecule has 0 spiro atoms. The van der Waals surface area contributed by atoms with Crippen LogP contribution in [0.2, 0.25) is 0 Å². The number of nitrogens with zero attached hydrogens (tertiary/aromatic N) is 1. The lowest BCUT2D eigenvalue weighted by molar-refractivity contribution is 0.255. The third kappa shape index (κ3) is 3.51. The highest BCUT2D eigenvalue weighted by atomic mass is 79.9. The molecule has 0 saturated heterocycles. The number of nitriles is 1. The molecule has 2 N–H and O–H groups in total. The number of carbonyl (C=O) groups excluding carboxylic acids is 1. The van der Waals surface area contributed by atoms with Crippen LogP contribution in [0, 0.1) is 16.7 Å². The van der Waals surface area contributed by atoms with Gasteiger partial charge >= 0.3 is 6.03 Å². The predicted octanol–water partition coefficient (Wildman–Crippen LogP) is 5.48. The van der Waals surface area contributed by atoms with Crippen LogP contribution in [-0.2, 0) is 6.42 Å². The number of hydrogen-bond donors (Lipinski definition) is 2. The Bertz CT molecular complexity index is 929. The van der Waals surface area contributed by atoms with Crippen molar-refractivity contribution in [3.8, 4) is 6.07 Å². The molecule has 2 aromatic rings. The molecule has 0 heterocycles. The Morgan fingerprint density at radius 2 is 2.00 bits per heavy atom. The maximum Gasteiger partial charge on any atom is 0.323 e. The molecule has 1 atom stereocenters. The van der Waals surface area contributed by atoms with Crippen molar-refractivity contribution in [1.29, 1.82) is 5.26 Å². The van der Waals surface area contributed by atoms with E-state index in [0.29, 0.717) is 17.0 Å². The first-order valence-corrected chi connectivity index (χ1v) is 9.33. The van der Waals surface area contributed by atoms with Crippen LogP contribution in [0.25, 0.3) is 5.70 Å². The number of urea groups is 1. The third-order valence-corrected chi connectivity index (χ3v) is 5.43. The molecule has 0 aliphatic heterocycles. The Labute approximate surface area is 162 Å². The van der Waals surface area contributed by atoms with Gasteiger partial charge in [-0.15, -0.1) is 0 Å². The topological polar surface area (TPSA) is 64.9 Å². The van der Waals surface area contributed by atoms with Crippen LogP contribution in [0.1, 0.15) is 31.4 Å². The summed E-state index contributed by atoms with van der Waals surface area (Å²) in [5.41, 5.74) is 3.68. The highest BCUT2D eigenvalue weighted by Crippen LogP contribution is 2.43. The van der Waals surface area contributed by atoms with Crippen LogP contribution in [0.3, 0.4) is 0 Å². The second kappa shape index (κ2) is 7.35. The first-order valence-electron chi connectivity index (χ1n) is 8.53. The zero-order valence-electron chi connectivity index (χ0n) is 14.8. The molecule has 0 radical (unpaired) electrons. The van der Waals surface area contributed by atoms with Gasteiger partial charge in [0.1, 0.15) is 0 Å². The molecule has 0 bridgehead atoms. The van der Waals surface area contributed by atoms with Gasteiger partial charge in [-0.25, -0.2) is 4.79 Å². The number of allylic oxidation sites excluding steroid dienone is 1. The summed E-state index contributed by atoms with van der Waals surface area (Å²) in [4.78, 5) is 12.6. The van der Waals surface area contributed by atoms with E-state index >= 15 is 0 Å². The first-order chi connectivity index (χ1) is 12.5. The monoisotopic (exact) mass is 409 g/mol. The lowest BCUT2D eigenvalue weighted by atomic mass is 9.69. The Kier molecular flexibility index (Phi) is 5.15. The van der Waals surface area contributed by atoms with E-state index in [1.165, 1.54) is 0 Å². The normalized spacial score (nSPS) is 18.7. The minimum Gasteiger partial charge on any atom is -0.308 e. The van der Waals surface area contributed by atoms with Gasteiger partial charge in [-0.2, -0.15) is 5.26 Å². The molecule has 2 amide bonds. The van der Waals surface area contributed by atoms with Gasteiger partial charge in [-0.1, -0.05) is 60.1 Å². The molecule has 132 valence electrons. The fraction of sp³-hybridized carbons (Fsp3) is 0.238. The summed E-state index contributed by atoms with van der Waals surface area (Å²) < 4.78 is 0.883. The van der Waals surface area contributed by atoms with Gasteiger partial charge in [0.05, 0.1) is 17.3 Å². The predicted molar refractivity (Wildman–Crippen MR) is 107 cm³/mol. The summed E-state index contributed by atoms with van der Waals surface area (Å²) in [5, 5.41) is 15.6. The molecular formula is C21H20BrN3O. The van der Waals surface area contributed by atoms with E-state index in [9.17, 15) is 10.1 Å². The van der Waals surface area contributed by atoms with Crippen LogP contribution >= 0.6 is 15.9 Å². The second-order valence-electron chi connectivity index (χ2n) is 6.70. The number of carbonyl (C=O) groups is 1. The maximum atomic E-state index is 12.6. The average molecular weight is 410 g/mol. The Morgan fingerprint density at radius 1 is 1.23 bits per heavy atom. The molecule has 0 aromatic heterocycles. The van der Waals surface area contributed by atoms with Gasteiger partial charge in [0, 0.05) is 21.1 Å². The van der Waals surface area contributed by atoms with E-state index in [2.05, 4.69) is 52.5 Å². The molecular weight excluding hydrogens is 390 g/mol. The molecule has 0 unspecified atom stereocenters. The highest BCUT2D eigenvalue weighted by Gasteiger charge is 2.36. The van der Waals surface area contributed by atoms with Crippen molar-refractivity contribution in [3.63, 3.8) is 0 Å². The van der Waals surface area contributed by atoms with Gasteiger partial charge in [0.15, 0.2) is 0 Å². The number of anilines is 1. The van der Waals surface area contributed by atoms with Crippen molar-refractivity contribution >= 4 is 33.3 Å². The number of amides is 2. The van der Waals surface area contributed by atoms with Crippen molar-refractivity contribution in [2.24, 2.45) is 5.41 Å². The number of fused-ring (bicyclic) bond motifs is 1. The van der Waals surface area contributed by atoms with Crippen molar-refractivity contribution in [3.05, 3.63) is 69.7 Å². The highest BCUT2D eigenvalue weighted by molar-refractivity contribution is 9.10. The van der Waals surface area contributed by atoms with Crippen LogP contribution < -0.4 is 10.6 Å². The Balaban J connectivity index is 1.97. The summed E-state index contributed by atoms with van der Waals surface area (Å²) in [5.74, 6) is 0. The van der Waals surface area contributed by atoms with Crippen LogP contribution in [0.15, 0.2) is 58.6 Å². The van der Waals surface area contributed by atoms with Crippen LogP contribution in [-0.4, -0.2) is 6.03 Å². The Hall–Kier alpha value is -2.58. The molecule has 0 saturated carbocycles. The smallest absolute Gasteiger partial charge is 0.308 e. The number of nitrogens with one attached hydrogen (secondary N) is 2. The minimum atomic E-state index is -0.360. The van der Waals surface area contributed by atoms with E-state index in [0.717, 1.165) is 28.4 Å². The number of halogens is 1. The summed E-state index contributed by atoms with van der Waals surface area (Å²) in [6.45, 7) is 4.15. The lowest BCUT2D eigenvalue weighted by Crippen LogP contribution is -2.35. The Morgan fingerprint density at radius 3 is 2.69 bits per heavy atom. The van der Waals surface area contributed by atoms with Crippen molar-refractivity contribution in [1.82, 2.24) is 5.32 Å². The number of rotatable bonds is 3. The summed E-state index contributed by atoms with van der Waals surface area (Å²) in [7, 11) is 0.